The van der Waals surface area contributed by atoms with Crippen LogP contribution in [0.3, 0.4) is 0 Å². The first-order valence-electron chi connectivity index (χ1n) is 15.9. The zero-order valence-corrected chi connectivity index (χ0v) is 28.6. The third-order valence-electron chi connectivity index (χ3n) is 8.60. The molecule has 0 radical (unpaired) electrons. The Hall–Kier alpha value is -2.75. The zero-order chi connectivity index (χ0) is 34.3. The van der Waals surface area contributed by atoms with E-state index in [4.69, 9.17) is 46.6 Å². The van der Waals surface area contributed by atoms with Crippen molar-refractivity contribution in [1.29, 1.82) is 0 Å². The van der Waals surface area contributed by atoms with Crippen molar-refractivity contribution in [2.75, 3.05) is 20.3 Å². The lowest BCUT2D eigenvalue weighted by atomic mass is 9.84. The van der Waals surface area contributed by atoms with Crippen LogP contribution >= 0.6 is 7.82 Å². The Morgan fingerprint density at radius 1 is 0.875 bits per heavy atom. The lowest BCUT2D eigenvalue weighted by Crippen LogP contribution is -2.65. The van der Waals surface area contributed by atoms with E-state index in [1.807, 2.05) is 30.6 Å². The molecule has 1 aliphatic carbocycles. The molecule has 3 saturated heterocycles. The Kier molecular flexibility index (Phi) is 9.88. The first kappa shape index (κ1) is 35.1. The molecule has 0 amide bonds. The highest BCUT2D eigenvalue weighted by molar-refractivity contribution is 7.46. The van der Waals surface area contributed by atoms with Gasteiger partial charge in [0.2, 0.25) is 0 Å². The van der Waals surface area contributed by atoms with Gasteiger partial charge < -0.3 is 51.5 Å². The van der Waals surface area contributed by atoms with Gasteiger partial charge in [-0.2, -0.15) is 0 Å². The molecule has 2 aromatic heterocycles. The van der Waals surface area contributed by atoms with E-state index in [0.29, 0.717) is 37.0 Å². The van der Waals surface area contributed by atoms with E-state index >= 15 is 0 Å². The molecule has 262 valence electrons. The maximum absolute atomic E-state index is 13.4. The van der Waals surface area contributed by atoms with E-state index in [9.17, 15) is 14.3 Å². The second-order valence-corrected chi connectivity index (χ2v) is 14.3. The topological polar surface area (TPSA) is 168 Å². The van der Waals surface area contributed by atoms with E-state index in [1.54, 1.807) is 47.8 Å². The summed E-state index contributed by atoms with van der Waals surface area (Å²) in [4.78, 5) is 28.1. The third kappa shape index (κ3) is 7.68. The van der Waals surface area contributed by atoms with E-state index in [0.717, 1.165) is 0 Å². The van der Waals surface area contributed by atoms with Crippen molar-refractivity contribution in [3.05, 3.63) is 70.8 Å². The van der Waals surface area contributed by atoms with Gasteiger partial charge in [0.1, 0.15) is 48.0 Å². The number of pyridine rings is 1. The Morgan fingerprint density at radius 2 is 1.46 bits per heavy atom. The molecule has 1 saturated carbocycles. The standard InChI is InChI=1S/C28H37O13P.C5H5N/c1-15-13-19(29)34-18-14-16(7-8-17(15)18)40-42(30,31)41-25-23-20(35-26(2,3)37-23)22(21-24(25)38-27(4,5)36-21)39-28(32-6)9-11-33-12-10-28;1-2-4-6-5-3-1/h7-8,13-14,20-25H,9-12H2,1-6H3,(H,30,31);1-5H/t20-,21+,22?,23-,24-,25?;/m0./s1. The van der Waals surface area contributed by atoms with Gasteiger partial charge in [0.05, 0.1) is 13.2 Å². The molecule has 15 heteroatoms. The maximum Gasteiger partial charge on any atom is 0.336 e. The van der Waals surface area contributed by atoms with Crippen LogP contribution in [0.2, 0.25) is 0 Å². The highest BCUT2D eigenvalue weighted by Gasteiger charge is 2.66. The number of aryl methyl sites for hydroxylation is 1. The number of hydrogen-bond acceptors (Lipinski definition) is 13. The van der Waals surface area contributed by atoms with Crippen molar-refractivity contribution < 1.29 is 61.1 Å². The van der Waals surface area contributed by atoms with E-state index in [2.05, 4.69) is 4.98 Å². The number of benzene rings is 1. The number of rotatable bonds is 7. The molecule has 4 aliphatic rings. The van der Waals surface area contributed by atoms with E-state index in [1.165, 1.54) is 18.2 Å². The lowest BCUT2D eigenvalue weighted by molar-refractivity contribution is -0.378. The highest BCUT2D eigenvalue weighted by Crippen LogP contribution is 2.52. The maximum atomic E-state index is 13.4. The fraction of sp³-hybridized carbons (Fsp3) is 0.576. The average molecular weight is 692 g/mol. The molecule has 5 heterocycles. The molecule has 3 unspecified atom stereocenters. The van der Waals surface area contributed by atoms with Crippen LogP contribution in [-0.4, -0.2) is 74.3 Å². The van der Waals surface area contributed by atoms with Gasteiger partial charge in [-0.05, 0) is 52.3 Å². The normalized spacial score (nSPS) is 31.1. The Morgan fingerprint density at radius 3 is 1.98 bits per heavy atom. The number of aromatic amines is 1. The number of nitrogens with one attached hydrogen (secondary N) is 1. The fourth-order valence-corrected chi connectivity index (χ4v) is 7.54. The number of phosphoric acid groups is 1. The molecule has 3 aliphatic heterocycles. The second-order valence-electron chi connectivity index (χ2n) is 13.0. The van der Waals surface area contributed by atoms with Crippen molar-refractivity contribution in [3.63, 3.8) is 0 Å². The number of fused-ring (bicyclic) bond motifs is 3. The quantitative estimate of drug-likeness (QED) is 0.201. The Bertz CT molecular complexity index is 1620. The number of H-pyrrole nitrogens is 1. The molecule has 7 rings (SSSR count). The van der Waals surface area contributed by atoms with Crippen LogP contribution in [-0.2, 0) is 42.2 Å². The van der Waals surface area contributed by atoms with Crippen LogP contribution in [0.1, 0.15) is 46.1 Å². The summed E-state index contributed by atoms with van der Waals surface area (Å²) >= 11 is 0. The summed E-state index contributed by atoms with van der Waals surface area (Å²) in [6, 6.07) is 11.6. The number of ether oxygens (including phenoxy) is 7. The molecule has 0 bridgehead atoms. The lowest BCUT2D eigenvalue weighted by Gasteiger charge is -2.47. The van der Waals surface area contributed by atoms with Crippen LogP contribution in [0.4, 0.5) is 0 Å². The summed E-state index contributed by atoms with van der Waals surface area (Å²) < 4.78 is 72.6. The minimum atomic E-state index is -5.06. The molecule has 1 N–H and O–H groups in total. The van der Waals surface area contributed by atoms with Crippen LogP contribution in [0.5, 0.6) is 5.75 Å². The Balaban J connectivity index is 0.000000604. The molecular formula is C33H42NO13P. The van der Waals surface area contributed by atoms with Crippen LogP contribution in [0.25, 0.3) is 11.0 Å². The summed E-state index contributed by atoms with van der Waals surface area (Å²) in [5.74, 6) is -3.24. The minimum absolute atomic E-state index is 0.0888. The van der Waals surface area contributed by atoms with Crippen molar-refractivity contribution in [3.8, 4) is 5.75 Å². The van der Waals surface area contributed by atoms with Gasteiger partial charge in [-0.15, -0.1) is 0 Å². The van der Waals surface area contributed by atoms with Crippen LogP contribution in [0.15, 0.2) is 64.1 Å². The van der Waals surface area contributed by atoms with Gasteiger partial charge in [0.25, 0.3) is 0 Å². The predicted octanol–water partition coefficient (Wildman–Crippen LogP) is 3.43. The SMILES string of the molecule is COC1(OC2[C@H]3OC(C)(C)O[C@@H]3C(OP(=O)([O-])Oc3ccc4c(C)cc(=O)oc4c3)[C@H]3OC(C)(C)O[C@@H]23)CCOCC1.c1cc[nH+]cc1. The number of phosphoric ester groups is 1. The first-order chi connectivity index (χ1) is 22.7. The molecule has 4 fully saturated rings. The highest BCUT2D eigenvalue weighted by atomic mass is 31.2. The predicted molar refractivity (Wildman–Crippen MR) is 166 cm³/mol. The molecule has 1 aromatic carbocycles. The van der Waals surface area contributed by atoms with Crippen molar-refractivity contribution >= 4 is 18.8 Å². The van der Waals surface area contributed by atoms with Gasteiger partial charge in [-0.1, -0.05) is 6.07 Å². The smallest absolute Gasteiger partial charge is 0.336 e. The van der Waals surface area contributed by atoms with Crippen molar-refractivity contribution in [2.24, 2.45) is 0 Å². The van der Waals surface area contributed by atoms with Gasteiger partial charge in [0.15, 0.2) is 29.8 Å². The molecule has 14 nitrogen and oxygen atoms in total. The summed E-state index contributed by atoms with van der Waals surface area (Å²) in [5, 5.41) is 0.642. The van der Waals surface area contributed by atoms with Gasteiger partial charge in [0, 0.05) is 49.6 Å². The van der Waals surface area contributed by atoms with Crippen molar-refractivity contribution in [1.82, 2.24) is 0 Å². The zero-order valence-electron chi connectivity index (χ0n) is 27.7. The molecular weight excluding hydrogens is 649 g/mol. The van der Waals surface area contributed by atoms with E-state index in [-0.39, 0.29) is 11.3 Å². The monoisotopic (exact) mass is 691 g/mol. The third-order valence-corrected chi connectivity index (χ3v) is 9.53. The average Bonchev–Trinajstić information content (AvgIpc) is 3.54. The molecule has 7 atom stereocenters. The summed E-state index contributed by atoms with van der Waals surface area (Å²) in [7, 11) is -3.49. The van der Waals surface area contributed by atoms with Crippen LogP contribution in [0, 0.1) is 6.92 Å². The summed E-state index contributed by atoms with van der Waals surface area (Å²) in [6.07, 6.45) is -0.689. The first-order valence-corrected chi connectivity index (χ1v) is 17.3. The summed E-state index contributed by atoms with van der Waals surface area (Å²) in [6.45, 7) is 9.54. The Labute approximate surface area is 278 Å². The molecule has 0 spiro atoms. The summed E-state index contributed by atoms with van der Waals surface area (Å²) in [5.41, 5.74) is 0.301. The van der Waals surface area contributed by atoms with Crippen molar-refractivity contribution in [2.45, 2.75) is 101 Å². The van der Waals surface area contributed by atoms with Gasteiger partial charge >= 0.3 is 13.4 Å². The molecule has 48 heavy (non-hydrogen) atoms. The minimum Gasteiger partial charge on any atom is -0.746 e. The van der Waals surface area contributed by atoms with Crippen LogP contribution < -0.4 is 20.0 Å². The second kappa shape index (κ2) is 13.5. The number of aromatic nitrogens is 1. The fourth-order valence-electron chi connectivity index (χ4n) is 6.58. The van der Waals surface area contributed by atoms with Gasteiger partial charge in [-0.3, -0.25) is 4.57 Å². The largest absolute Gasteiger partial charge is 0.746 e. The van der Waals surface area contributed by atoms with E-state index < -0.39 is 67.4 Å². The number of methoxy groups -OCH3 is 1. The van der Waals surface area contributed by atoms with Gasteiger partial charge in [-0.25, -0.2) is 9.78 Å². The number of hydrogen-bond donors (Lipinski definition) is 0. The molecule has 3 aromatic rings.